The molecule has 7 atom stereocenters. The Morgan fingerprint density at radius 1 is 0.725 bits per heavy atom. The molecule has 0 bridgehead atoms. The molecular formula is C51H77N9O9. The monoisotopic (exact) mass is 960 g/mol. The second-order valence-electron chi connectivity index (χ2n) is 20.2. The number of nitrogens with one attached hydrogen (secondary N) is 3. The van der Waals surface area contributed by atoms with Crippen LogP contribution in [0.2, 0.25) is 0 Å². The van der Waals surface area contributed by atoms with E-state index < -0.39 is 83.8 Å². The molecule has 1 fully saturated rings. The van der Waals surface area contributed by atoms with Gasteiger partial charge < -0.3 is 45.7 Å². The van der Waals surface area contributed by atoms with Crippen LogP contribution < -0.4 is 21.7 Å². The zero-order valence-electron chi connectivity index (χ0n) is 43.0. The molecule has 2 aromatic rings. The average Bonchev–Trinajstić information content (AvgIpc) is 3.60. The van der Waals surface area contributed by atoms with E-state index in [0.717, 1.165) is 15.8 Å². The van der Waals surface area contributed by atoms with Crippen LogP contribution >= 0.6 is 0 Å². The molecule has 1 saturated heterocycles. The lowest BCUT2D eigenvalue weighted by Gasteiger charge is -2.35. The standard InChI is InChI=1S/C51H77N9O9/c1-29(2)21-38-48(65)57(11)34(10)51(68)69-44(19-16-20-52)47(64)56-40(23-31(5)6)50(67)58(12)42(24-32(7)8)45(62)55-39(22-30(3)4)49(66)59(13)43(46(63)54-38)26-35-27-60(28-36(53)25-33(9)61)41-18-15-14-17-37(35)41/h14-15,17-18,25,27,29-32,34,38-40,42-44H,16,19,21-24,26,28,53H2,1-13H3,(H,54,63)(H,55,62)(H,56,64)/t34-,38-,39-,40-,42-,43-,44+/m0/s1. The van der Waals surface area contributed by atoms with Gasteiger partial charge in [0.2, 0.25) is 29.5 Å². The smallest absolute Gasteiger partial charge is 0.329 e. The molecule has 1 aromatic carbocycles. The molecule has 380 valence electrons. The van der Waals surface area contributed by atoms with Gasteiger partial charge >= 0.3 is 5.97 Å². The van der Waals surface area contributed by atoms with E-state index in [2.05, 4.69) is 16.0 Å². The van der Waals surface area contributed by atoms with Crippen LogP contribution in [0.1, 0.15) is 113 Å². The van der Waals surface area contributed by atoms with Crippen LogP contribution in [-0.4, -0.2) is 130 Å². The lowest BCUT2D eigenvalue weighted by Crippen LogP contribution is -2.60. The van der Waals surface area contributed by atoms with E-state index in [1.807, 2.05) is 90.3 Å². The molecule has 5 N–H and O–H groups in total. The molecule has 3 rings (SSSR count). The normalized spacial score (nSPS) is 23.6. The van der Waals surface area contributed by atoms with Crippen LogP contribution in [0.4, 0.5) is 0 Å². The van der Waals surface area contributed by atoms with Crippen molar-refractivity contribution < 1.29 is 43.1 Å². The van der Waals surface area contributed by atoms with Crippen molar-refractivity contribution in [3.8, 4) is 6.07 Å². The zero-order chi connectivity index (χ0) is 52.0. The molecule has 18 nitrogen and oxygen atoms in total. The Morgan fingerprint density at radius 2 is 1.19 bits per heavy atom. The number of amides is 6. The van der Waals surface area contributed by atoms with Crippen molar-refractivity contribution in [1.82, 2.24) is 35.2 Å². The Bertz CT molecular complexity index is 2240. The third-order valence-electron chi connectivity index (χ3n) is 12.3. The van der Waals surface area contributed by atoms with Crippen molar-refractivity contribution in [1.29, 1.82) is 5.26 Å². The molecule has 1 aliphatic rings. The van der Waals surface area contributed by atoms with Gasteiger partial charge in [-0.25, -0.2) is 4.79 Å². The Balaban J connectivity index is 2.33. The number of benzene rings is 1. The summed E-state index contributed by atoms with van der Waals surface area (Å²) in [5.41, 5.74) is 7.97. The molecule has 0 unspecified atom stereocenters. The Kier molecular flexibility index (Phi) is 21.4. The summed E-state index contributed by atoms with van der Waals surface area (Å²) >= 11 is 0. The molecule has 0 saturated carbocycles. The topological polar surface area (TPSA) is 246 Å². The summed E-state index contributed by atoms with van der Waals surface area (Å²) in [5.74, 6) is -5.64. The van der Waals surface area contributed by atoms with Crippen LogP contribution in [0.25, 0.3) is 10.9 Å². The summed E-state index contributed by atoms with van der Waals surface area (Å²) in [6.07, 6.45) is 1.83. The molecule has 1 aliphatic heterocycles. The molecule has 69 heavy (non-hydrogen) atoms. The number of likely N-dealkylation sites (N-methyl/N-ethyl adjacent to an activating group) is 3. The minimum atomic E-state index is -1.52. The van der Waals surface area contributed by atoms with Crippen molar-refractivity contribution in [2.75, 3.05) is 21.1 Å². The van der Waals surface area contributed by atoms with Gasteiger partial charge in [0.05, 0.1) is 12.6 Å². The number of rotatable bonds is 15. The number of carbonyl (C=O) groups is 8. The Labute approximate surface area is 408 Å². The molecule has 18 heteroatoms. The maximum absolute atomic E-state index is 15.0. The van der Waals surface area contributed by atoms with E-state index in [-0.39, 0.29) is 80.9 Å². The fourth-order valence-corrected chi connectivity index (χ4v) is 8.57. The van der Waals surface area contributed by atoms with E-state index in [1.54, 1.807) is 6.20 Å². The van der Waals surface area contributed by atoms with Crippen LogP contribution in [0.15, 0.2) is 42.2 Å². The van der Waals surface area contributed by atoms with Crippen molar-refractivity contribution in [3.63, 3.8) is 0 Å². The number of carbonyl (C=O) groups excluding carboxylic acids is 8. The maximum atomic E-state index is 15.0. The number of nitriles is 1. The predicted octanol–water partition coefficient (Wildman–Crippen LogP) is 3.98. The highest BCUT2D eigenvalue weighted by molar-refractivity contribution is 5.98. The first-order valence-electron chi connectivity index (χ1n) is 24.1. The fraction of sp³-hybridized carbons (Fsp3) is 0.627. The minimum absolute atomic E-state index is 0.0585. The van der Waals surface area contributed by atoms with Crippen molar-refractivity contribution >= 4 is 58.1 Å². The first-order chi connectivity index (χ1) is 32.3. The Hall–Kier alpha value is -6.25. The van der Waals surface area contributed by atoms with E-state index in [9.17, 15) is 34.0 Å². The number of aromatic nitrogens is 1. The van der Waals surface area contributed by atoms with E-state index in [0.29, 0.717) is 11.3 Å². The van der Waals surface area contributed by atoms with Gasteiger partial charge in [-0.2, -0.15) is 5.26 Å². The number of ketones is 1. The SMILES string of the molecule is CC(=O)C=C(N)Cn1cc(C[C@H]2C(=O)N[C@@H](CC(C)C)C(=O)N(C)[C@@H](C)C(=O)O[C@H](CCC#N)C(=O)N[C@@H](CC(C)C)C(=O)N(C)[C@@H](CC(C)C)C(=O)N[C@@H](CC(C)C)C(=O)N2C)c2ccccc21. The van der Waals surface area contributed by atoms with Gasteiger partial charge in [-0.15, -0.1) is 0 Å². The van der Waals surface area contributed by atoms with Gasteiger partial charge in [-0.1, -0.05) is 73.6 Å². The molecule has 0 radical (unpaired) electrons. The number of ether oxygens (including phenoxy) is 1. The lowest BCUT2D eigenvalue weighted by molar-refractivity contribution is -0.163. The second kappa shape index (κ2) is 25.9. The number of nitrogens with zero attached hydrogens (tertiary/aromatic N) is 5. The molecule has 1 aromatic heterocycles. The number of nitrogens with two attached hydrogens (primary N) is 1. The third kappa shape index (κ3) is 16.2. The van der Waals surface area contributed by atoms with Crippen molar-refractivity contribution in [2.45, 2.75) is 163 Å². The van der Waals surface area contributed by atoms with Gasteiger partial charge in [0.25, 0.3) is 5.91 Å². The van der Waals surface area contributed by atoms with Gasteiger partial charge in [-0.3, -0.25) is 33.6 Å². The number of esters is 1. The second-order valence-corrected chi connectivity index (χ2v) is 20.2. The quantitative estimate of drug-likeness (QED) is 0.147. The summed E-state index contributed by atoms with van der Waals surface area (Å²) in [7, 11) is 4.31. The molecule has 0 aliphatic carbocycles. The highest BCUT2D eigenvalue weighted by atomic mass is 16.5. The molecule has 0 spiro atoms. The number of allylic oxidation sites excluding steroid dienone is 2. The first-order valence-corrected chi connectivity index (χ1v) is 24.1. The van der Waals surface area contributed by atoms with Crippen LogP contribution in [0.5, 0.6) is 0 Å². The number of fused-ring (bicyclic) bond motifs is 1. The van der Waals surface area contributed by atoms with Gasteiger partial charge in [0, 0.05) is 69.3 Å². The van der Waals surface area contributed by atoms with Gasteiger partial charge in [0.15, 0.2) is 11.9 Å². The maximum Gasteiger partial charge on any atom is 0.329 e. The summed E-state index contributed by atoms with van der Waals surface area (Å²) in [6.45, 7) is 18.0. The number of hydrogen-bond acceptors (Lipinski definition) is 11. The summed E-state index contributed by atoms with van der Waals surface area (Å²) in [4.78, 5) is 117. The predicted molar refractivity (Wildman–Crippen MR) is 262 cm³/mol. The number of hydrogen-bond donors (Lipinski definition) is 4. The van der Waals surface area contributed by atoms with Crippen LogP contribution in [0.3, 0.4) is 0 Å². The third-order valence-corrected chi connectivity index (χ3v) is 12.3. The highest BCUT2D eigenvalue weighted by Gasteiger charge is 2.40. The van der Waals surface area contributed by atoms with E-state index in [1.165, 1.54) is 50.9 Å². The lowest BCUT2D eigenvalue weighted by atomic mass is 9.96. The van der Waals surface area contributed by atoms with E-state index in [4.69, 9.17) is 10.5 Å². The minimum Gasteiger partial charge on any atom is -0.451 e. The molecule has 2 heterocycles. The van der Waals surface area contributed by atoms with Gasteiger partial charge in [0.1, 0.15) is 36.3 Å². The van der Waals surface area contributed by atoms with Crippen molar-refractivity contribution in [2.24, 2.45) is 29.4 Å². The average molecular weight is 960 g/mol. The first kappa shape index (κ1) is 57.1. The van der Waals surface area contributed by atoms with Crippen molar-refractivity contribution in [3.05, 3.63) is 47.8 Å². The summed E-state index contributed by atoms with van der Waals surface area (Å²) in [5, 5.41) is 18.8. The zero-order valence-corrected chi connectivity index (χ0v) is 43.0. The largest absolute Gasteiger partial charge is 0.451 e. The molecular weight excluding hydrogens is 883 g/mol. The summed E-state index contributed by atoms with van der Waals surface area (Å²) in [6, 6.07) is 2.18. The highest BCUT2D eigenvalue weighted by Crippen LogP contribution is 2.26. The van der Waals surface area contributed by atoms with E-state index >= 15 is 9.59 Å². The van der Waals surface area contributed by atoms with Crippen LogP contribution in [-0.2, 0) is 56.1 Å². The van der Waals surface area contributed by atoms with Gasteiger partial charge in [-0.05, 0) is 74.8 Å². The summed E-state index contributed by atoms with van der Waals surface area (Å²) < 4.78 is 7.57. The number of cyclic esters (lactones) is 1. The van der Waals surface area contributed by atoms with Crippen LogP contribution in [0, 0.1) is 35.0 Å². The molecule has 6 amide bonds. The fourth-order valence-electron chi connectivity index (χ4n) is 8.57. The number of para-hydroxylation sites is 1. The Morgan fingerprint density at radius 3 is 1.68 bits per heavy atom.